The van der Waals surface area contributed by atoms with Gasteiger partial charge in [-0.3, -0.25) is 9.97 Å². The van der Waals surface area contributed by atoms with Gasteiger partial charge in [-0.25, -0.2) is 4.68 Å². The lowest BCUT2D eigenvalue weighted by atomic mass is 9.85. The highest BCUT2D eigenvalue weighted by Crippen LogP contribution is 2.48. The molecule has 55 heavy (non-hydrogen) atoms. The number of aromatic nitrogens is 4. The van der Waals surface area contributed by atoms with Gasteiger partial charge in [0.1, 0.15) is 5.69 Å². The van der Waals surface area contributed by atoms with Crippen LogP contribution in [0.5, 0.6) is 0 Å². The standard InChI is InChI=1S/C51H34N4/c1-4-16-36(17-5-1)48-47(37-28-26-35(27-29-37)39-32-40(45-24-12-14-30-52-45)34-41(33-39)46-25-13-15-31-53-46)43-22-10-11-23-44(43)51-49(48)50(38-18-6-2-7-19-38)54-55(51)42-20-8-3-9-21-42/h1-34H. The van der Waals surface area contributed by atoms with Crippen molar-refractivity contribution in [3.05, 3.63) is 207 Å². The van der Waals surface area contributed by atoms with Crippen molar-refractivity contribution in [2.24, 2.45) is 0 Å². The third kappa shape index (κ3) is 5.87. The largest absolute Gasteiger partial charge is 0.256 e. The van der Waals surface area contributed by atoms with Crippen LogP contribution in [0.2, 0.25) is 0 Å². The molecule has 10 aromatic rings. The summed E-state index contributed by atoms with van der Waals surface area (Å²) in [6, 6.07) is 68.3. The lowest BCUT2D eigenvalue weighted by Gasteiger charge is -2.18. The van der Waals surface area contributed by atoms with E-state index >= 15 is 0 Å². The number of benzene rings is 7. The van der Waals surface area contributed by atoms with Crippen molar-refractivity contribution in [1.82, 2.24) is 19.7 Å². The highest BCUT2D eigenvalue weighted by atomic mass is 15.3. The van der Waals surface area contributed by atoms with Gasteiger partial charge in [0.2, 0.25) is 0 Å². The fourth-order valence-corrected chi connectivity index (χ4v) is 7.80. The van der Waals surface area contributed by atoms with Crippen LogP contribution >= 0.6 is 0 Å². The summed E-state index contributed by atoms with van der Waals surface area (Å²) in [5, 5.41) is 8.88. The van der Waals surface area contributed by atoms with E-state index in [1.165, 1.54) is 10.9 Å². The van der Waals surface area contributed by atoms with Crippen molar-refractivity contribution >= 4 is 21.7 Å². The van der Waals surface area contributed by atoms with E-state index in [9.17, 15) is 0 Å². The highest BCUT2D eigenvalue weighted by molar-refractivity contribution is 6.24. The molecule has 0 unspecified atom stereocenters. The molecule has 0 aliphatic carbocycles. The summed E-state index contributed by atoms with van der Waals surface area (Å²) >= 11 is 0. The Bertz CT molecular complexity index is 2870. The first-order chi connectivity index (χ1) is 27.3. The first kappa shape index (κ1) is 32.2. The first-order valence-corrected chi connectivity index (χ1v) is 18.5. The van der Waals surface area contributed by atoms with E-state index in [0.29, 0.717) is 0 Å². The summed E-state index contributed by atoms with van der Waals surface area (Å²) in [4.78, 5) is 9.37. The van der Waals surface area contributed by atoms with Crippen LogP contribution in [0.15, 0.2) is 207 Å². The van der Waals surface area contributed by atoms with Crippen LogP contribution in [0.25, 0.3) is 94.5 Å². The zero-order valence-corrected chi connectivity index (χ0v) is 29.9. The normalized spacial score (nSPS) is 11.3. The topological polar surface area (TPSA) is 43.6 Å². The van der Waals surface area contributed by atoms with Crippen LogP contribution < -0.4 is 0 Å². The number of nitrogens with zero attached hydrogens (tertiary/aromatic N) is 4. The van der Waals surface area contributed by atoms with Gasteiger partial charge in [-0.2, -0.15) is 5.10 Å². The van der Waals surface area contributed by atoms with Crippen molar-refractivity contribution in [2.75, 3.05) is 0 Å². The maximum Gasteiger partial charge on any atom is 0.101 e. The van der Waals surface area contributed by atoms with Crippen molar-refractivity contribution in [3.8, 4) is 72.8 Å². The number of rotatable bonds is 7. The second kappa shape index (κ2) is 13.8. The van der Waals surface area contributed by atoms with Crippen LogP contribution in [-0.2, 0) is 0 Å². The molecule has 3 heterocycles. The molecule has 10 rings (SSSR count). The molecule has 0 N–H and O–H groups in total. The molecule has 0 saturated carbocycles. The fraction of sp³-hybridized carbons (Fsp3) is 0. The van der Waals surface area contributed by atoms with Crippen molar-refractivity contribution in [3.63, 3.8) is 0 Å². The number of fused-ring (bicyclic) bond motifs is 3. The van der Waals surface area contributed by atoms with E-state index in [0.717, 1.165) is 83.6 Å². The van der Waals surface area contributed by atoms with E-state index < -0.39 is 0 Å². The zero-order valence-electron chi connectivity index (χ0n) is 29.9. The molecule has 0 aliphatic rings. The minimum Gasteiger partial charge on any atom is -0.256 e. The Kier molecular flexibility index (Phi) is 8.12. The third-order valence-corrected chi connectivity index (χ3v) is 10.3. The lowest BCUT2D eigenvalue weighted by Crippen LogP contribution is -1.97. The van der Waals surface area contributed by atoms with Gasteiger partial charge in [-0.15, -0.1) is 0 Å². The molecular formula is C51H34N4. The zero-order chi connectivity index (χ0) is 36.6. The Labute approximate surface area is 319 Å². The summed E-state index contributed by atoms with van der Waals surface area (Å²) in [5.74, 6) is 0. The molecule has 0 atom stereocenters. The number of hydrogen-bond acceptors (Lipinski definition) is 3. The van der Waals surface area contributed by atoms with Crippen LogP contribution in [0, 0.1) is 0 Å². The second-order valence-electron chi connectivity index (χ2n) is 13.7. The predicted molar refractivity (Wildman–Crippen MR) is 227 cm³/mol. The molecule has 0 amide bonds. The van der Waals surface area contributed by atoms with Crippen LogP contribution in [0.3, 0.4) is 0 Å². The minimum absolute atomic E-state index is 0.927. The first-order valence-electron chi connectivity index (χ1n) is 18.5. The number of para-hydroxylation sites is 1. The molecule has 3 aromatic heterocycles. The van der Waals surface area contributed by atoms with E-state index in [1.807, 2.05) is 36.7 Å². The molecule has 7 aromatic carbocycles. The molecule has 0 radical (unpaired) electrons. The van der Waals surface area contributed by atoms with E-state index in [2.05, 4.69) is 185 Å². The van der Waals surface area contributed by atoms with Crippen molar-refractivity contribution < 1.29 is 0 Å². The summed E-state index contributed by atoms with van der Waals surface area (Å²) in [7, 11) is 0. The van der Waals surface area contributed by atoms with Crippen LogP contribution in [0.1, 0.15) is 0 Å². The predicted octanol–water partition coefficient (Wildman–Crippen LogP) is 13.0. The average Bonchev–Trinajstić information content (AvgIpc) is 3.68. The molecule has 0 fully saturated rings. The smallest absolute Gasteiger partial charge is 0.101 e. The highest BCUT2D eigenvalue weighted by Gasteiger charge is 2.25. The van der Waals surface area contributed by atoms with Gasteiger partial charge in [-0.1, -0.05) is 140 Å². The number of hydrogen-bond donors (Lipinski definition) is 0. The quantitative estimate of drug-likeness (QED) is 0.166. The van der Waals surface area contributed by atoms with E-state index in [-0.39, 0.29) is 0 Å². The fourth-order valence-electron chi connectivity index (χ4n) is 7.80. The summed E-state index contributed by atoms with van der Waals surface area (Å²) in [5.41, 5.74) is 14.9. The van der Waals surface area contributed by atoms with Gasteiger partial charge in [0, 0.05) is 45.4 Å². The Balaban J connectivity index is 1.23. The SMILES string of the molecule is c1ccc(-c2nn(-c3ccccc3)c3c2c(-c2ccccc2)c(-c2ccc(-c4cc(-c5ccccn5)cc(-c5ccccn5)c4)cc2)c2ccccc23)cc1. The lowest BCUT2D eigenvalue weighted by molar-refractivity contribution is 0.918. The monoisotopic (exact) mass is 702 g/mol. The van der Waals surface area contributed by atoms with E-state index in [1.54, 1.807) is 0 Å². The maximum absolute atomic E-state index is 5.43. The van der Waals surface area contributed by atoms with Gasteiger partial charge < -0.3 is 0 Å². The van der Waals surface area contributed by atoms with Gasteiger partial charge in [0.15, 0.2) is 0 Å². The second-order valence-corrected chi connectivity index (χ2v) is 13.7. The van der Waals surface area contributed by atoms with Gasteiger partial charge in [-0.05, 0) is 87.8 Å². The van der Waals surface area contributed by atoms with Crippen LogP contribution in [-0.4, -0.2) is 19.7 Å². The van der Waals surface area contributed by atoms with Gasteiger partial charge in [0.25, 0.3) is 0 Å². The number of pyridine rings is 2. The third-order valence-electron chi connectivity index (χ3n) is 10.3. The van der Waals surface area contributed by atoms with E-state index in [4.69, 9.17) is 5.10 Å². The van der Waals surface area contributed by atoms with Gasteiger partial charge >= 0.3 is 0 Å². The van der Waals surface area contributed by atoms with Crippen molar-refractivity contribution in [2.45, 2.75) is 0 Å². The molecular weight excluding hydrogens is 669 g/mol. The maximum atomic E-state index is 5.43. The Morgan fingerprint density at radius 2 is 0.836 bits per heavy atom. The van der Waals surface area contributed by atoms with Crippen LogP contribution in [0.4, 0.5) is 0 Å². The van der Waals surface area contributed by atoms with Gasteiger partial charge in [0.05, 0.1) is 22.6 Å². The van der Waals surface area contributed by atoms with Crippen molar-refractivity contribution in [1.29, 1.82) is 0 Å². The Morgan fingerprint density at radius 1 is 0.345 bits per heavy atom. The molecule has 4 nitrogen and oxygen atoms in total. The summed E-state index contributed by atoms with van der Waals surface area (Å²) in [6.07, 6.45) is 3.69. The molecule has 258 valence electrons. The summed E-state index contributed by atoms with van der Waals surface area (Å²) < 4.78 is 2.13. The Hall–Kier alpha value is -7.43. The molecule has 0 saturated heterocycles. The average molecular weight is 703 g/mol. The summed E-state index contributed by atoms with van der Waals surface area (Å²) in [6.45, 7) is 0. The molecule has 0 aliphatic heterocycles. The minimum atomic E-state index is 0.927. The molecule has 0 spiro atoms. The molecule has 4 heteroatoms. The molecule has 0 bridgehead atoms. The Morgan fingerprint density at radius 3 is 1.44 bits per heavy atom.